The van der Waals surface area contributed by atoms with Gasteiger partial charge in [-0.05, 0) is 46.4 Å². The molecule has 0 aromatic heterocycles. The third-order valence-electron chi connectivity index (χ3n) is 9.78. The first-order chi connectivity index (χ1) is 28.1. The second-order valence-electron chi connectivity index (χ2n) is 14.0. The molecular weight excluding hydrogens is 711 g/mol. The van der Waals surface area contributed by atoms with Crippen molar-refractivity contribution in [1.82, 2.24) is 0 Å². The highest BCUT2D eigenvalue weighted by Gasteiger charge is 2.33. The zero-order valence-corrected chi connectivity index (χ0v) is 31.7. The fourth-order valence-corrected chi connectivity index (χ4v) is 6.79. The maximum atomic E-state index is 7.05. The average Bonchev–Trinajstić information content (AvgIpc) is 3.27. The summed E-state index contributed by atoms with van der Waals surface area (Å²) in [5.41, 5.74) is 13.9. The van der Waals surface area contributed by atoms with E-state index in [9.17, 15) is 0 Å². The van der Waals surface area contributed by atoms with Gasteiger partial charge in [0.25, 0.3) is 0 Å². The van der Waals surface area contributed by atoms with Gasteiger partial charge in [-0.15, -0.1) is 0 Å². The number of fused-ring (bicyclic) bond motifs is 1. The second kappa shape index (κ2) is 18.3. The van der Waals surface area contributed by atoms with E-state index >= 15 is 0 Å². The lowest BCUT2D eigenvalue weighted by atomic mass is 9.92. The number of ether oxygens (including phenoxy) is 6. The van der Waals surface area contributed by atoms with Crippen LogP contribution >= 0.6 is 0 Å². The molecule has 7 aromatic rings. The first-order valence-electron chi connectivity index (χ1n) is 19.3. The highest BCUT2D eigenvalue weighted by molar-refractivity contribution is 5.57. The Hall–Kier alpha value is -6.70. The van der Waals surface area contributed by atoms with Gasteiger partial charge in [-0.3, -0.25) is 0 Å². The summed E-state index contributed by atoms with van der Waals surface area (Å²) in [7, 11) is 0. The Bertz CT molecular complexity index is 2260. The van der Waals surface area contributed by atoms with Crippen molar-refractivity contribution >= 4 is 0 Å². The van der Waals surface area contributed by atoms with Crippen LogP contribution in [0.1, 0.15) is 45.0 Å². The highest BCUT2D eigenvalue weighted by atomic mass is 16.5. The van der Waals surface area contributed by atoms with Crippen LogP contribution in [0.4, 0.5) is 0 Å². The largest absolute Gasteiger partial charge is 0.489 e. The van der Waals surface area contributed by atoms with Crippen molar-refractivity contribution < 1.29 is 28.4 Å². The summed E-state index contributed by atoms with van der Waals surface area (Å²) in [6, 6.07) is 57.7. The molecule has 57 heavy (non-hydrogen) atoms. The summed E-state index contributed by atoms with van der Waals surface area (Å²) in [5, 5.41) is 0. The summed E-state index contributed by atoms with van der Waals surface area (Å²) >= 11 is 0. The Morgan fingerprint density at radius 3 is 1.26 bits per heavy atom. The van der Waals surface area contributed by atoms with E-state index in [1.807, 2.05) is 176 Å². The number of rotatable bonds is 16. The van der Waals surface area contributed by atoms with Gasteiger partial charge in [0.05, 0.1) is 6.04 Å². The van der Waals surface area contributed by atoms with E-state index in [1.54, 1.807) is 0 Å². The van der Waals surface area contributed by atoms with E-state index in [0.29, 0.717) is 74.0 Å². The Balaban J connectivity index is 1.15. The topological polar surface area (TPSA) is 81.4 Å². The van der Waals surface area contributed by atoms with Crippen LogP contribution in [0.15, 0.2) is 176 Å². The molecule has 0 saturated heterocycles. The molecule has 1 aliphatic heterocycles. The van der Waals surface area contributed by atoms with E-state index in [2.05, 4.69) is 0 Å². The van der Waals surface area contributed by atoms with Crippen molar-refractivity contribution in [2.24, 2.45) is 5.73 Å². The minimum Gasteiger partial charge on any atom is -0.489 e. The van der Waals surface area contributed by atoms with E-state index in [0.717, 1.165) is 38.9 Å². The van der Waals surface area contributed by atoms with Gasteiger partial charge in [0.2, 0.25) is 5.75 Å². The Labute approximate surface area is 334 Å². The average molecular weight is 756 g/mol. The third kappa shape index (κ3) is 9.76. The van der Waals surface area contributed by atoms with Gasteiger partial charge in [0.1, 0.15) is 56.4 Å². The van der Waals surface area contributed by atoms with Gasteiger partial charge < -0.3 is 34.2 Å². The van der Waals surface area contributed by atoms with Crippen molar-refractivity contribution in [3.63, 3.8) is 0 Å². The fraction of sp³-hybridized carbons (Fsp3) is 0.160. The molecule has 0 bridgehead atoms. The van der Waals surface area contributed by atoms with E-state index in [4.69, 9.17) is 34.2 Å². The van der Waals surface area contributed by atoms with Crippen molar-refractivity contribution in [1.29, 1.82) is 0 Å². The van der Waals surface area contributed by atoms with E-state index in [-0.39, 0.29) is 0 Å². The van der Waals surface area contributed by atoms with Crippen LogP contribution in [0.5, 0.6) is 34.5 Å². The first kappa shape index (κ1) is 37.2. The third-order valence-corrected chi connectivity index (χ3v) is 9.78. The zero-order chi connectivity index (χ0) is 38.7. The summed E-state index contributed by atoms with van der Waals surface area (Å²) < 4.78 is 39.4. The normalized spacial score (nSPS) is 14.5. The molecule has 0 unspecified atom stereocenters. The standard InChI is InChI=1S/C50H45NO6/c51-44-30-43-45(53-32-37-18-8-2-9-19-37)28-42(52-31-36-16-6-1-7-17-36)29-46(43)57-49(44)41-26-47(54-33-38-20-10-3-11-21-38)50(56-35-40-24-14-5-15-25-40)48(27-41)55-34-39-22-12-4-13-23-39/h1-29,44,49H,30-35,51H2/t44-,49-/m1/s1. The van der Waals surface area contributed by atoms with Crippen LogP contribution in [-0.4, -0.2) is 6.04 Å². The van der Waals surface area contributed by atoms with Crippen molar-refractivity contribution in [2.75, 3.05) is 0 Å². The number of nitrogens with two attached hydrogens (primary N) is 1. The minimum atomic E-state index is -0.551. The Morgan fingerprint density at radius 1 is 0.439 bits per heavy atom. The SMILES string of the molecule is N[C@@H]1Cc2c(OCc3ccccc3)cc(OCc3ccccc3)cc2O[C@@H]1c1cc(OCc2ccccc2)c(OCc2ccccc2)c(OCc2ccccc2)c1. The lowest BCUT2D eigenvalue weighted by Crippen LogP contribution is -2.37. The van der Waals surface area contributed by atoms with Gasteiger partial charge in [-0.25, -0.2) is 0 Å². The molecule has 0 fully saturated rings. The maximum Gasteiger partial charge on any atom is 0.203 e. The molecule has 1 heterocycles. The molecule has 0 saturated carbocycles. The number of benzene rings is 7. The van der Waals surface area contributed by atoms with Crippen LogP contribution in [0.2, 0.25) is 0 Å². The van der Waals surface area contributed by atoms with Crippen molar-refractivity contribution in [3.05, 3.63) is 215 Å². The van der Waals surface area contributed by atoms with Gasteiger partial charge in [-0.1, -0.05) is 152 Å². The second-order valence-corrected chi connectivity index (χ2v) is 14.0. The molecule has 0 amide bonds. The molecule has 7 nitrogen and oxygen atoms in total. The number of hydrogen-bond donors (Lipinski definition) is 1. The summed E-state index contributed by atoms with van der Waals surface area (Å²) in [6.45, 7) is 1.77. The molecule has 7 heteroatoms. The molecule has 7 aromatic carbocycles. The minimum absolute atomic E-state index is 0.327. The number of hydrogen-bond acceptors (Lipinski definition) is 7. The predicted molar refractivity (Wildman–Crippen MR) is 222 cm³/mol. The Kier molecular flexibility index (Phi) is 11.9. The molecule has 286 valence electrons. The van der Waals surface area contributed by atoms with Crippen LogP contribution in [0.25, 0.3) is 0 Å². The first-order valence-corrected chi connectivity index (χ1v) is 19.3. The van der Waals surface area contributed by atoms with Crippen LogP contribution in [0.3, 0.4) is 0 Å². The van der Waals surface area contributed by atoms with Crippen LogP contribution < -0.4 is 34.2 Å². The molecule has 0 aliphatic carbocycles. The Morgan fingerprint density at radius 2 is 0.825 bits per heavy atom. The van der Waals surface area contributed by atoms with Crippen LogP contribution in [-0.2, 0) is 39.5 Å². The highest BCUT2D eigenvalue weighted by Crippen LogP contribution is 2.47. The molecule has 8 rings (SSSR count). The van der Waals surface area contributed by atoms with Gasteiger partial charge >= 0.3 is 0 Å². The summed E-state index contributed by atoms with van der Waals surface area (Å²) in [6.07, 6.45) is -0.0411. The smallest absolute Gasteiger partial charge is 0.203 e. The maximum absolute atomic E-state index is 7.05. The van der Waals surface area contributed by atoms with Gasteiger partial charge in [0, 0.05) is 23.3 Å². The van der Waals surface area contributed by atoms with Crippen LogP contribution in [0, 0.1) is 0 Å². The van der Waals surface area contributed by atoms with E-state index in [1.165, 1.54) is 0 Å². The van der Waals surface area contributed by atoms with E-state index < -0.39 is 12.1 Å². The quantitative estimate of drug-likeness (QED) is 0.105. The lowest BCUT2D eigenvalue weighted by Gasteiger charge is -2.33. The molecule has 0 radical (unpaired) electrons. The lowest BCUT2D eigenvalue weighted by molar-refractivity contribution is 0.147. The van der Waals surface area contributed by atoms with Crippen molar-refractivity contribution in [2.45, 2.75) is 51.6 Å². The molecule has 1 aliphatic rings. The van der Waals surface area contributed by atoms with Crippen molar-refractivity contribution in [3.8, 4) is 34.5 Å². The summed E-state index contributed by atoms with van der Waals surface area (Å²) in [5.74, 6) is 3.54. The summed E-state index contributed by atoms with van der Waals surface area (Å²) in [4.78, 5) is 0. The van der Waals surface area contributed by atoms with Gasteiger partial charge in [0.15, 0.2) is 11.5 Å². The van der Waals surface area contributed by atoms with Gasteiger partial charge in [-0.2, -0.15) is 0 Å². The predicted octanol–water partition coefficient (Wildman–Crippen LogP) is 10.6. The fourth-order valence-electron chi connectivity index (χ4n) is 6.79. The monoisotopic (exact) mass is 755 g/mol. The molecule has 2 atom stereocenters. The zero-order valence-electron chi connectivity index (χ0n) is 31.7. The molecule has 0 spiro atoms. The molecular formula is C50H45NO6. The molecule has 2 N–H and O–H groups in total.